The molecule has 400 valence electrons. The molecule has 0 bridgehead atoms. The lowest BCUT2D eigenvalue weighted by molar-refractivity contribution is -0.167. The fraction of sp³-hybridized carbons (Fsp3) is 0.794. The molecule has 1 atom stereocenters. The van der Waals surface area contributed by atoms with Gasteiger partial charge in [0, 0.05) is 19.3 Å². The van der Waals surface area contributed by atoms with Gasteiger partial charge in [-0.3, -0.25) is 14.4 Å². The zero-order valence-electron chi connectivity index (χ0n) is 45.8. The summed E-state index contributed by atoms with van der Waals surface area (Å²) in [6, 6.07) is 0. The predicted octanol–water partition coefficient (Wildman–Crippen LogP) is 20.0. The van der Waals surface area contributed by atoms with Gasteiger partial charge < -0.3 is 14.2 Å². The zero-order chi connectivity index (χ0) is 50.0. The number of allylic oxidation sites excluding steroid dienone is 10. The standard InChI is InChI=1S/C63H112O6/c1-4-7-10-13-16-19-22-25-28-30-31-33-35-38-41-44-47-50-53-56-62(65)68-59-60(58-67-61(64)55-52-49-46-43-40-37-34-27-24-21-18-15-12-9-6-3)69-63(66)57-54-51-48-45-42-39-36-32-29-26-23-20-17-14-11-8-5-2/h17-18,20-21,26-27,29,34,40,43,60H,4-16,19,22-25,28,30-33,35-39,41-42,44-59H2,1-3H3/b20-17-,21-18-,29-26-,34-27-,43-40-/t60-/m1/s1. The number of unbranched alkanes of at least 4 members (excludes halogenated alkanes) is 33. The quantitative estimate of drug-likeness (QED) is 0.0262. The first-order chi connectivity index (χ1) is 34.0. The molecule has 0 rings (SSSR count). The molecule has 0 heterocycles. The van der Waals surface area contributed by atoms with E-state index in [0.717, 1.165) is 83.5 Å². The molecule has 0 aliphatic heterocycles. The van der Waals surface area contributed by atoms with Crippen LogP contribution in [0, 0.1) is 0 Å². The van der Waals surface area contributed by atoms with Gasteiger partial charge >= 0.3 is 17.9 Å². The van der Waals surface area contributed by atoms with E-state index in [0.29, 0.717) is 19.3 Å². The van der Waals surface area contributed by atoms with Gasteiger partial charge in [-0.2, -0.15) is 0 Å². The Hall–Kier alpha value is -2.89. The van der Waals surface area contributed by atoms with Crippen LogP contribution in [0.15, 0.2) is 60.8 Å². The highest BCUT2D eigenvalue weighted by Crippen LogP contribution is 2.16. The highest BCUT2D eigenvalue weighted by atomic mass is 16.6. The van der Waals surface area contributed by atoms with Crippen LogP contribution in [-0.2, 0) is 28.6 Å². The van der Waals surface area contributed by atoms with Crippen molar-refractivity contribution in [2.75, 3.05) is 13.2 Å². The first kappa shape index (κ1) is 66.1. The molecule has 0 N–H and O–H groups in total. The number of ether oxygens (including phenoxy) is 3. The van der Waals surface area contributed by atoms with Crippen LogP contribution in [0.4, 0.5) is 0 Å². The Morgan fingerprint density at radius 3 is 0.870 bits per heavy atom. The minimum Gasteiger partial charge on any atom is -0.462 e. The topological polar surface area (TPSA) is 78.9 Å². The van der Waals surface area contributed by atoms with Crippen molar-refractivity contribution in [3.05, 3.63) is 60.8 Å². The van der Waals surface area contributed by atoms with Crippen molar-refractivity contribution in [3.63, 3.8) is 0 Å². The molecule has 0 saturated heterocycles. The molecule has 6 heteroatoms. The third kappa shape index (κ3) is 55.9. The first-order valence-electron chi connectivity index (χ1n) is 29.8. The van der Waals surface area contributed by atoms with E-state index in [2.05, 4.69) is 81.5 Å². The fourth-order valence-corrected chi connectivity index (χ4v) is 8.48. The van der Waals surface area contributed by atoms with E-state index in [1.807, 2.05) is 0 Å². The van der Waals surface area contributed by atoms with Crippen LogP contribution in [0.5, 0.6) is 0 Å². The summed E-state index contributed by atoms with van der Waals surface area (Å²) in [5.74, 6) is -0.921. The molecular weight excluding hydrogens is 853 g/mol. The maximum Gasteiger partial charge on any atom is 0.306 e. The van der Waals surface area contributed by atoms with E-state index in [1.54, 1.807) is 0 Å². The van der Waals surface area contributed by atoms with Gasteiger partial charge in [-0.05, 0) is 89.9 Å². The fourth-order valence-electron chi connectivity index (χ4n) is 8.48. The van der Waals surface area contributed by atoms with Crippen LogP contribution in [-0.4, -0.2) is 37.2 Å². The van der Waals surface area contributed by atoms with E-state index in [4.69, 9.17) is 14.2 Å². The molecule has 0 spiro atoms. The van der Waals surface area contributed by atoms with E-state index in [-0.39, 0.29) is 31.1 Å². The molecule has 6 nitrogen and oxygen atoms in total. The second-order valence-electron chi connectivity index (χ2n) is 19.9. The van der Waals surface area contributed by atoms with Crippen molar-refractivity contribution in [2.45, 2.75) is 309 Å². The Balaban J connectivity index is 4.40. The van der Waals surface area contributed by atoms with Crippen molar-refractivity contribution in [3.8, 4) is 0 Å². The van der Waals surface area contributed by atoms with Crippen molar-refractivity contribution >= 4 is 17.9 Å². The largest absolute Gasteiger partial charge is 0.462 e. The molecule has 0 aromatic rings. The summed E-state index contributed by atoms with van der Waals surface area (Å²) >= 11 is 0. The van der Waals surface area contributed by atoms with E-state index in [9.17, 15) is 14.4 Å². The van der Waals surface area contributed by atoms with Crippen LogP contribution >= 0.6 is 0 Å². The summed E-state index contributed by atoms with van der Waals surface area (Å²) in [6.45, 7) is 6.58. The van der Waals surface area contributed by atoms with E-state index in [1.165, 1.54) is 180 Å². The number of hydrogen-bond acceptors (Lipinski definition) is 6. The van der Waals surface area contributed by atoms with Crippen molar-refractivity contribution in [1.29, 1.82) is 0 Å². The number of esters is 3. The first-order valence-corrected chi connectivity index (χ1v) is 29.8. The molecule has 0 saturated carbocycles. The van der Waals surface area contributed by atoms with Gasteiger partial charge in [-0.25, -0.2) is 0 Å². The molecule has 0 aliphatic carbocycles. The SMILES string of the molecule is CCCCC/C=C\C/C=C\C/C=C\CCCCC(=O)OC[C@H](COC(=O)CCCCCCCCCCCCCCCCCCCCC)OC(=O)CCCCCCCCC/C=C\C/C=C\CCCCC. The molecule has 0 radical (unpaired) electrons. The summed E-state index contributed by atoms with van der Waals surface area (Å²) in [6.07, 6.45) is 72.1. The Morgan fingerprint density at radius 1 is 0.290 bits per heavy atom. The predicted molar refractivity (Wildman–Crippen MR) is 298 cm³/mol. The van der Waals surface area contributed by atoms with Gasteiger partial charge in [0.25, 0.3) is 0 Å². The van der Waals surface area contributed by atoms with Gasteiger partial charge in [0.1, 0.15) is 13.2 Å². The van der Waals surface area contributed by atoms with Crippen LogP contribution in [0.1, 0.15) is 303 Å². The number of rotatable bonds is 54. The van der Waals surface area contributed by atoms with Gasteiger partial charge in [0.15, 0.2) is 6.10 Å². The van der Waals surface area contributed by atoms with Crippen LogP contribution in [0.25, 0.3) is 0 Å². The number of carbonyl (C=O) groups is 3. The average molecular weight is 966 g/mol. The van der Waals surface area contributed by atoms with Crippen LogP contribution in [0.2, 0.25) is 0 Å². The lowest BCUT2D eigenvalue weighted by Gasteiger charge is -2.18. The Morgan fingerprint density at radius 2 is 0.522 bits per heavy atom. The lowest BCUT2D eigenvalue weighted by atomic mass is 10.0. The molecule has 0 unspecified atom stereocenters. The molecule has 0 aromatic carbocycles. The second kappa shape index (κ2) is 57.7. The lowest BCUT2D eigenvalue weighted by Crippen LogP contribution is -2.30. The third-order valence-corrected chi connectivity index (χ3v) is 13.0. The molecule has 0 aliphatic rings. The minimum atomic E-state index is -0.793. The summed E-state index contributed by atoms with van der Waals surface area (Å²) in [7, 11) is 0. The van der Waals surface area contributed by atoms with Crippen molar-refractivity contribution < 1.29 is 28.6 Å². The van der Waals surface area contributed by atoms with Gasteiger partial charge in [-0.1, -0.05) is 255 Å². The van der Waals surface area contributed by atoms with E-state index >= 15 is 0 Å². The maximum absolute atomic E-state index is 12.9. The highest BCUT2D eigenvalue weighted by Gasteiger charge is 2.19. The zero-order valence-corrected chi connectivity index (χ0v) is 45.8. The summed E-state index contributed by atoms with van der Waals surface area (Å²) in [5.41, 5.74) is 0. The smallest absolute Gasteiger partial charge is 0.306 e. The molecule has 0 fully saturated rings. The molecule has 0 amide bonds. The summed E-state index contributed by atoms with van der Waals surface area (Å²) in [4.78, 5) is 38.2. The Bertz CT molecular complexity index is 1250. The monoisotopic (exact) mass is 965 g/mol. The Kier molecular flexibility index (Phi) is 55.3. The minimum absolute atomic E-state index is 0.0869. The van der Waals surface area contributed by atoms with Crippen LogP contribution in [0.3, 0.4) is 0 Å². The van der Waals surface area contributed by atoms with Crippen LogP contribution < -0.4 is 0 Å². The van der Waals surface area contributed by atoms with Crippen molar-refractivity contribution in [1.82, 2.24) is 0 Å². The summed E-state index contributed by atoms with van der Waals surface area (Å²) in [5, 5.41) is 0. The van der Waals surface area contributed by atoms with E-state index < -0.39 is 6.10 Å². The normalized spacial score (nSPS) is 12.4. The average Bonchev–Trinajstić information content (AvgIpc) is 3.35. The number of carbonyl (C=O) groups excluding carboxylic acids is 3. The van der Waals surface area contributed by atoms with Gasteiger partial charge in [0.2, 0.25) is 0 Å². The van der Waals surface area contributed by atoms with Crippen molar-refractivity contribution in [2.24, 2.45) is 0 Å². The summed E-state index contributed by atoms with van der Waals surface area (Å²) < 4.78 is 16.9. The van der Waals surface area contributed by atoms with Gasteiger partial charge in [0.05, 0.1) is 0 Å². The molecular formula is C63H112O6. The second-order valence-corrected chi connectivity index (χ2v) is 19.9. The molecule has 69 heavy (non-hydrogen) atoms. The number of hydrogen-bond donors (Lipinski definition) is 0. The highest BCUT2D eigenvalue weighted by molar-refractivity contribution is 5.71. The Labute approximate surface area is 428 Å². The maximum atomic E-state index is 12.9. The van der Waals surface area contributed by atoms with Gasteiger partial charge in [-0.15, -0.1) is 0 Å². The molecule has 0 aromatic heterocycles. The third-order valence-electron chi connectivity index (χ3n) is 13.0.